The lowest BCUT2D eigenvalue weighted by Crippen LogP contribution is -2.09. The number of hydrogen-bond donors (Lipinski definition) is 0. The lowest BCUT2D eigenvalue weighted by Gasteiger charge is -2.08. The van der Waals surface area contributed by atoms with Crippen LogP contribution in [-0.2, 0) is 16.3 Å². The summed E-state index contributed by atoms with van der Waals surface area (Å²) in [5.74, 6) is 0.0705. The van der Waals surface area contributed by atoms with Crippen LogP contribution in [0.5, 0.6) is 5.75 Å². The fourth-order valence-corrected chi connectivity index (χ4v) is 3.81. The molecular weight excluding hydrogens is 417 g/mol. The Labute approximate surface area is 170 Å². The molecule has 154 valence electrons. The fraction of sp³-hybridized carbons (Fsp3) is 0.0952. The van der Waals surface area contributed by atoms with E-state index in [0.717, 1.165) is 17.8 Å². The molecule has 4 rings (SSSR count). The highest BCUT2D eigenvalue weighted by Crippen LogP contribution is 2.30. The van der Waals surface area contributed by atoms with Crippen molar-refractivity contribution in [3.8, 4) is 17.0 Å². The van der Waals surface area contributed by atoms with Gasteiger partial charge in [-0.2, -0.15) is 21.6 Å². The monoisotopic (exact) mass is 432 g/mol. The molecule has 0 aliphatic rings. The number of aryl methyl sites for hydroxylation is 1. The van der Waals surface area contributed by atoms with Gasteiger partial charge in [-0.1, -0.05) is 29.8 Å². The zero-order valence-electron chi connectivity index (χ0n) is 15.6. The number of halogens is 3. The maximum atomic E-state index is 12.9. The molecule has 0 aliphatic heterocycles. The minimum Gasteiger partial charge on any atom is -0.379 e. The van der Waals surface area contributed by atoms with Crippen LogP contribution < -0.4 is 4.18 Å². The first-order valence-electron chi connectivity index (χ1n) is 8.79. The van der Waals surface area contributed by atoms with Crippen LogP contribution in [0.4, 0.5) is 13.2 Å². The van der Waals surface area contributed by atoms with E-state index in [1.165, 1.54) is 40.9 Å². The largest absolute Gasteiger partial charge is 0.417 e. The molecule has 0 saturated heterocycles. The lowest BCUT2D eigenvalue weighted by atomic mass is 10.1. The van der Waals surface area contributed by atoms with Gasteiger partial charge in [-0.15, -0.1) is 0 Å². The van der Waals surface area contributed by atoms with Crippen molar-refractivity contribution in [3.05, 3.63) is 84.2 Å². The molecule has 5 nitrogen and oxygen atoms in total. The van der Waals surface area contributed by atoms with E-state index in [-0.39, 0.29) is 10.6 Å². The Morgan fingerprint density at radius 2 is 1.70 bits per heavy atom. The third-order valence-electron chi connectivity index (χ3n) is 4.42. The van der Waals surface area contributed by atoms with Crippen LogP contribution in [-0.4, -0.2) is 17.8 Å². The molecule has 0 atom stereocenters. The van der Waals surface area contributed by atoms with Gasteiger partial charge < -0.3 is 8.58 Å². The number of pyridine rings is 1. The van der Waals surface area contributed by atoms with Crippen molar-refractivity contribution in [2.24, 2.45) is 0 Å². The highest BCUT2D eigenvalue weighted by atomic mass is 32.2. The molecule has 2 heterocycles. The van der Waals surface area contributed by atoms with Crippen molar-refractivity contribution in [2.75, 3.05) is 0 Å². The van der Waals surface area contributed by atoms with E-state index in [0.29, 0.717) is 16.9 Å². The normalized spacial score (nSPS) is 12.3. The van der Waals surface area contributed by atoms with Gasteiger partial charge in [0, 0.05) is 18.0 Å². The predicted octanol–water partition coefficient (Wildman–Crippen LogP) is 5.10. The number of fused-ring (bicyclic) bond motifs is 1. The molecule has 2 aromatic heterocycles. The number of imidazole rings is 1. The Kier molecular flexibility index (Phi) is 4.77. The molecule has 2 aromatic carbocycles. The Bertz CT molecular complexity index is 1330. The summed E-state index contributed by atoms with van der Waals surface area (Å²) in [5, 5.41) is 0. The van der Waals surface area contributed by atoms with Gasteiger partial charge in [0.1, 0.15) is 16.3 Å². The summed E-state index contributed by atoms with van der Waals surface area (Å²) in [6, 6.07) is 14.7. The number of nitrogens with zero attached hydrogens (tertiary/aromatic N) is 2. The second kappa shape index (κ2) is 7.17. The third-order valence-corrected chi connectivity index (χ3v) is 5.69. The zero-order chi connectivity index (χ0) is 21.5. The SMILES string of the molecule is Cc1ccc(S(=O)(=O)Oc2cccc(-c3cn4cc(C(F)(F)F)ccc4n3)c2)cc1. The van der Waals surface area contributed by atoms with Crippen LogP contribution >= 0.6 is 0 Å². The summed E-state index contributed by atoms with van der Waals surface area (Å²) in [5.41, 5.74) is 1.34. The van der Waals surface area contributed by atoms with Crippen LogP contribution in [0, 0.1) is 6.92 Å². The van der Waals surface area contributed by atoms with Gasteiger partial charge in [0.25, 0.3) is 0 Å². The van der Waals surface area contributed by atoms with E-state index in [1.807, 2.05) is 6.92 Å². The maximum absolute atomic E-state index is 12.9. The van der Waals surface area contributed by atoms with E-state index in [2.05, 4.69) is 4.98 Å². The quantitative estimate of drug-likeness (QED) is 0.421. The van der Waals surface area contributed by atoms with Crippen LogP contribution in [0.15, 0.2) is 78.0 Å². The van der Waals surface area contributed by atoms with Crippen molar-refractivity contribution in [1.82, 2.24) is 9.38 Å². The van der Waals surface area contributed by atoms with Gasteiger partial charge in [-0.3, -0.25) is 0 Å². The second-order valence-corrected chi connectivity index (χ2v) is 8.23. The van der Waals surface area contributed by atoms with Crippen molar-refractivity contribution in [1.29, 1.82) is 0 Å². The van der Waals surface area contributed by atoms with E-state index in [1.54, 1.807) is 24.3 Å². The first-order chi connectivity index (χ1) is 14.1. The minimum atomic E-state index is -4.46. The van der Waals surface area contributed by atoms with Crippen molar-refractivity contribution in [3.63, 3.8) is 0 Å². The zero-order valence-corrected chi connectivity index (χ0v) is 16.4. The highest BCUT2D eigenvalue weighted by molar-refractivity contribution is 7.87. The summed E-state index contributed by atoms with van der Waals surface area (Å²) < 4.78 is 70.2. The molecule has 4 aromatic rings. The van der Waals surface area contributed by atoms with E-state index < -0.39 is 21.9 Å². The summed E-state index contributed by atoms with van der Waals surface area (Å²) in [6.45, 7) is 1.84. The van der Waals surface area contributed by atoms with Crippen molar-refractivity contribution in [2.45, 2.75) is 18.0 Å². The molecule has 0 saturated carbocycles. The van der Waals surface area contributed by atoms with Crippen LogP contribution in [0.3, 0.4) is 0 Å². The third kappa shape index (κ3) is 4.02. The standard InChI is InChI=1S/C21H15F3N2O3S/c1-14-5-8-18(9-6-14)30(27,28)29-17-4-2-3-15(11-17)19-13-26-12-16(21(22,23)24)7-10-20(26)25-19/h2-13H,1H3. The lowest BCUT2D eigenvalue weighted by molar-refractivity contribution is -0.137. The molecular formula is C21H15F3N2O3S. The van der Waals surface area contributed by atoms with Crippen LogP contribution in [0.2, 0.25) is 0 Å². The number of alkyl halides is 3. The summed E-state index contributed by atoms with van der Waals surface area (Å²) in [4.78, 5) is 4.32. The molecule has 0 bridgehead atoms. The summed E-state index contributed by atoms with van der Waals surface area (Å²) >= 11 is 0. The Morgan fingerprint density at radius 3 is 2.40 bits per heavy atom. The van der Waals surface area contributed by atoms with Crippen LogP contribution in [0.1, 0.15) is 11.1 Å². The maximum Gasteiger partial charge on any atom is 0.417 e. The molecule has 0 radical (unpaired) electrons. The van der Waals surface area contributed by atoms with E-state index in [9.17, 15) is 21.6 Å². The number of benzene rings is 2. The van der Waals surface area contributed by atoms with Gasteiger partial charge in [-0.05, 0) is 43.3 Å². The molecule has 0 fully saturated rings. The highest BCUT2D eigenvalue weighted by Gasteiger charge is 2.30. The first-order valence-corrected chi connectivity index (χ1v) is 10.2. The molecule has 0 spiro atoms. The smallest absolute Gasteiger partial charge is 0.379 e. The van der Waals surface area contributed by atoms with Gasteiger partial charge in [0.15, 0.2) is 0 Å². The second-order valence-electron chi connectivity index (χ2n) is 6.69. The number of rotatable bonds is 4. The van der Waals surface area contributed by atoms with Crippen molar-refractivity contribution < 1.29 is 25.8 Å². The topological polar surface area (TPSA) is 60.7 Å². The summed E-state index contributed by atoms with van der Waals surface area (Å²) in [7, 11) is -4.03. The molecule has 0 amide bonds. The molecule has 30 heavy (non-hydrogen) atoms. The molecule has 0 aliphatic carbocycles. The average molecular weight is 432 g/mol. The average Bonchev–Trinajstić information content (AvgIpc) is 3.11. The molecule has 0 N–H and O–H groups in total. The van der Waals surface area contributed by atoms with Gasteiger partial charge in [0.05, 0.1) is 11.3 Å². The Balaban J connectivity index is 1.65. The van der Waals surface area contributed by atoms with E-state index in [4.69, 9.17) is 4.18 Å². The first kappa shape index (κ1) is 20.0. The van der Waals surface area contributed by atoms with E-state index >= 15 is 0 Å². The fourth-order valence-electron chi connectivity index (χ4n) is 2.89. The minimum absolute atomic E-state index is 0.0194. The van der Waals surface area contributed by atoms with Gasteiger partial charge >= 0.3 is 16.3 Å². The van der Waals surface area contributed by atoms with Crippen LogP contribution in [0.25, 0.3) is 16.9 Å². The number of aromatic nitrogens is 2. The Morgan fingerprint density at radius 1 is 0.967 bits per heavy atom. The molecule has 9 heteroatoms. The van der Waals surface area contributed by atoms with Crippen molar-refractivity contribution >= 4 is 15.8 Å². The van der Waals surface area contributed by atoms with Gasteiger partial charge in [0.2, 0.25) is 0 Å². The summed E-state index contributed by atoms with van der Waals surface area (Å²) in [6.07, 6.45) is -2.07. The number of hydrogen-bond acceptors (Lipinski definition) is 4. The predicted molar refractivity (Wildman–Crippen MR) is 105 cm³/mol. The Hall–Kier alpha value is -3.33. The molecule has 0 unspecified atom stereocenters. The van der Waals surface area contributed by atoms with Gasteiger partial charge in [-0.25, -0.2) is 4.98 Å².